The highest BCUT2D eigenvalue weighted by molar-refractivity contribution is 7.15. The summed E-state index contributed by atoms with van der Waals surface area (Å²) in [5, 5.41) is 0. The van der Waals surface area contributed by atoms with Gasteiger partial charge in [0.2, 0.25) is 0 Å². The van der Waals surface area contributed by atoms with Gasteiger partial charge >= 0.3 is 0 Å². The highest BCUT2D eigenvalue weighted by Gasteiger charge is 2.18. The van der Waals surface area contributed by atoms with Crippen LogP contribution in [-0.4, -0.2) is 40.9 Å². The molecule has 0 bridgehead atoms. The van der Waals surface area contributed by atoms with E-state index in [0.29, 0.717) is 12.1 Å². The average molecular weight is 218 g/mol. The van der Waals surface area contributed by atoms with Crippen molar-refractivity contribution in [2.45, 2.75) is 58.9 Å². The highest BCUT2D eigenvalue weighted by atomic mass is 29.2. The number of hydrogen-bond donors (Lipinski definition) is 0. The van der Waals surface area contributed by atoms with Gasteiger partial charge < -0.3 is 0 Å². The van der Waals surface area contributed by atoms with E-state index >= 15 is 0 Å². The van der Waals surface area contributed by atoms with Gasteiger partial charge in [0.15, 0.2) is 0 Å². The first kappa shape index (κ1) is 13.4. The van der Waals surface area contributed by atoms with Crippen LogP contribution in [0.1, 0.15) is 27.7 Å². The summed E-state index contributed by atoms with van der Waals surface area (Å²) in [6, 6.07) is 2.89. The third-order valence-electron chi connectivity index (χ3n) is 2.45. The molecule has 0 heterocycles. The van der Waals surface area contributed by atoms with E-state index in [1.54, 1.807) is 0 Å². The van der Waals surface area contributed by atoms with Gasteiger partial charge in [0.05, 0.1) is 0 Å². The molecule has 0 aliphatic rings. The van der Waals surface area contributed by atoms with Gasteiger partial charge in [-0.15, -0.1) is 0 Å². The van der Waals surface area contributed by atoms with Gasteiger partial charge in [-0.25, -0.2) is 0 Å². The summed E-state index contributed by atoms with van der Waals surface area (Å²) in [7, 11) is 0.723. The molecule has 0 saturated carbocycles. The molecule has 0 radical (unpaired) electrons. The molecule has 0 aromatic rings. The van der Waals surface area contributed by atoms with E-state index < -0.39 is 7.59 Å². The van der Waals surface area contributed by atoms with Crippen LogP contribution < -0.4 is 0 Å². The molecule has 0 amide bonds. The maximum absolute atomic E-state index is 2.62. The fourth-order valence-corrected chi connectivity index (χ4v) is 3.18. The number of hydrogen-bond acceptors (Lipinski definition) is 1. The molecule has 0 saturated heterocycles. The first-order chi connectivity index (χ1) is 5.74. The van der Waals surface area contributed by atoms with Gasteiger partial charge in [-0.05, 0) is 50.0 Å². The predicted octanol–water partition coefficient (Wildman–Crippen LogP) is 1.68. The largest absolute Gasteiger partial charge is 0.299 e. The molecule has 0 unspecified atom stereocenters. The van der Waals surface area contributed by atoms with Crippen molar-refractivity contribution < 1.29 is 0 Å². The second-order valence-electron chi connectivity index (χ2n) is 5.74. The molecule has 0 aromatic carbocycles. The zero-order chi connectivity index (χ0) is 10.6. The van der Waals surface area contributed by atoms with E-state index in [1.165, 1.54) is 22.3 Å². The van der Waals surface area contributed by atoms with E-state index in [-0.39, 0.29) is 0 Å². The Hall–Kier alpha value is 0.394. The SMILES string of the molecule is CC(C)N(CC[Si](C)(C)[SiH3])C(C)C. The fraction of sp³-hybridized carbons (Fsp3) is 1.00. The second-order valence-corrected chi connectivity index (χ2v) is 19.5. The van der Waals surface area contributed by atoms with E-state index in [1.807, 2.05) is 0 Å². The molecule has 1 nitrogen and oxygen atoms in total. The average Bonchev–Trinajstić information content (AvgIpc) is 1.82. The van der Waals surface area contributed by atoms with Gasteiger partial charge in [-0.2, -0.15) is 0 Å². The van der Waals surface area contributed by atoms with E-state index in [2.05, 4.69) is 45.7 Å². The van der Waals surface area contributed by atoms with E-state index in [0.717, 1.165) is 0 Å². The zero-order valence-corrected chi connectivity index (χ0v) is 13.5. The summed E-state index contributed by atoms with van der Waals surface area (Å²) in [5.74, 6) is 0. The smallest absolute Gasteiger partial charge is 0.0314 e. The Labute approximate surface area is 88.1 Å². The molecule has 0 aromatic heterocycles. The zero-order valence-electron chi connectivity index (χ0n) is 10.5. The maximum atomic E-state index is 2.62. The van der Waals surface area contributed by atoms with Crippen LogP contribution in [0, 0.1) is 0 Å². The van der Waals surface area contributed by atoms with Gasteiger partial charge in [0, 0.05) is 19.7 Å². The van der Waals surface area contributed by atoms with Crippen LogP contribution >= 0.6 is 0 Å². The molecular formula is C10H27NSi2. The molecule has 0 spiro atoms. The van der Waals surface area contributed by atoms with E-state index in [9.17, 15) is 0 Å². The maximum Gasteiger partial charge on any atom is 0.0314 e. The Bertz CT molecular complexity index is 130. The predicted molar refractivity (Wildman–Crippen MR) is 69.2 cm³/mol. The third kappa shape index (κ3) is 6.46. The third-order valence-corrected chi connectivity index (χ3v) is 5.67. The Morgan fingerprint density at radius 3 is 1.69 bits per heavy atom. The summed E-state index contributed by atoms with van der Waals surface area (Å²) in [6.07, 6.45) is 0. The van der Waals surface area contributed by atoms with Gasteiger partial charge in [-0.3, -0.25) is 4.90 Å². The minimum absolute atomic E-state index is 0.706. The lowest BCUT2D eigenvalue weighted by Gasteiger charge is -2.32. The van der Waals surface area contributed by atoms with Gasteiger partial charge in [-0.1, -0.05) is 13.1 Å². The molecule has 0 N–H and O–H groups in total. The van der Waals surface area contributed by atoms with Crippen molar-refractivity contribution in [2.75, 3.05) is 6.54 Å². The minimum atomic E-state index is -0.714. The van der Waals surface area contributed by atoms with Gasteiger partial charge in [0.1, 0.15) is 0 Å². The number of nitrogens with zero attached hydrogens (tertiary/aromatic N) is 1. The summed E-state index contributed by atoms with van der Waals surface area (Å²) in [5.41, 5.74) is 0. The fourth-order valence-electron chi connectivity index (χ4n) is 1.58. The monoisotopic (exact) mass is 217 g/mol. The van der Waals surface area contributed by atoms with Crippen LogP contribution in [0.5, 0.6) is 0 Å². The topological polar surface area (TPSA) is 3.24 Å². The van der Waals surface area contributed by atoms with Crippen molar-refractivity contribution in [1.82, 2.24) is 4.90 Å². The molecule has 13 heavy (non-hydrogen) atoms. The molecule has 3 heteroatoms. The first-order valence-electron chi connectivity index (χ1n) is 5.50. The Kier molecular flexibility index (Phi) is 5.48. The lowest BCUT2D eigenvalue weighted by Crippen LogP contribution is -2.41. The lowest BCUT2D eigenvalue weighted by molar-refractivity contribution is 0.185. The van der Waals surface area contributed by atoms with Crippen LogP contribution in [-0.2, 0) is 0 Å². The second kappa shape index (κ2) is 5.32. The van der Waals surface area contributed by atoms with Crippen LogP contribution in [0.3, 0.4) is 0 Å². The van der Waals surface area contributed by atoms with Crippen LogP contribution in [0.4, 0.5) is 0 Å². The Morgan fingerprint density at radius 1 is 1.08 bits per heavy atom. The van der Waals surface area contributed by atoms with Gasteiger partial charge in [0.25, 0.3) is 0 Å². The summed E-state index contributed by atoms with van der Waals surface area (Å²) < 4.78 is 0. The quantitative estimate of drug-likeness (QED) is 0.634. The standard InChI is InChI=1S/C10H27NSi2/c1-9(2)11(10(3)4)7-8-13(5,6)12/h9-10H,7-8H2,1-6,12H3. The van der Waals surface area contributed by atoms with Crippen LogP contribution in [0.25, 0.3) is 0 Å². The lowest BCUT2D eigenvalue weighted by atomic mass is 10.2. The van der Waals surface area contributed by atoms with Crippen LogP contribution in [0.15, 0.2) is 0 Å². The Balaban J connectivity index is 3.98. The van der Waals surface area contributed by atoms with Crippen molar-refractivity contribution in [3.05, 3.63) is 0 Å². The normalized spacial score (nSPS) is 13.6. The van der Waals surface area contributed by atoms with Crippen molar-refractivity contribution in [1.29, 1.82) is 0 Å². The molecule has 0 atom stereocenters. The van der Waals surface area contributed by atoms with Crippen molar-refractivity contribution in [2.24, 2.45) is 0 Å². The summed E-state index contributed by atoms with van der Waals surface area (Å²) >= 11 is 0. The van der Waals surface area contributed by atoms with Crippen LogP contribution in [0.2, 0.25) is 19.1 Å². The highest BCUT2D eigenvalue weighted by Crippen LogP contribution is 2.10. The molecular weight excluding hydrogens is 190 g/mol. The molecule has 0 aliphatic carbocycles. The molecule has 0 rings (SSSR count). The molecule has 0 aliphatic heterocycles. The summed E-state index contributed by atoms with van der Waals surface area (Å²) in [4.78, 5) is 2.62. The minimum Gasteiger partial charge on any atom is -0.299 e. The van der Waals surface area contributed by atoms with Crippen molar-refractivity contribution in [3.8, 4) is 0 Å². The number of rotatable bonds is 5. The molecule has 80 valence electrons. The first-order valence-corrected chi connectivity index (χ1v) is 12.2. The summed E-state index contributed by atoms with van der Waals surface area (Å²) in [6.45, 7) is 15.6. The molecule has 0 fully saturated rings. The van der Waals surface area contributed by atoms with Crippen molar-refractivity contribution in [3.63, 3.8) is 0 Å². The van der Waals surface area contributed by atoms with Crippen molar-refractivity contribution >= 4 is 17.4 Å². The van der Waals surface area contributed by atoms with E-state index in [4.69, 9.17) is 0 Å². The Morgan fingerprint density at radius 2 is 1.46 bits per heavy atom.